The summed E-state index contributed by atoms with van der Waals surface area (Å²) >= 11 is 0. The number of aryl methyl sites for hydroxylation is 1. The van der Waals surface area contributed by atoms with E-state index in [0.29, 0.717) is 23.6 Å². The molecule has 0 spiro atoms. The molecule has 0 unspecified atom stereocenters. The Balaban J connectivity index is 2.26. The molecule has 0 fully saturated rings. The number of para-hydroxylation sites is 2. The second-order valence-corrected chi connectivity index (χ2v) is 4.50. The van der Waals surface area contributed by atoms with Crippen LogP contribution >= 0.6 is 0 Å². The summed E-state index contributed by atoms with van der Waals surface area (Å²) in [5.74, 6) is 0.429. The first kappa shape index (κ1) is 14.8. The number of carbonyl (C=O) groups excluding carboxylic acids is 1. The molecule has 0 bridgehead atoms. The summed E-state index contributed by atoms with van der Waals surface area (Å²) in [7, 11) is 1.78. The lowest BCUT2D eigenvalue weighted by Gasteiger charge is -2.13. The molecule has 5 heteroatoms. The van der Waals surface area contributed by atoms with Gasteiger partial charge in [0.25, 0.3) is 5.91 Å². The van der Waals surface area contributed by atoms with Crippen molar-refractivity contribution in [3.8, 4) is 5.75 Å². The predicted octanol–water partition coefficient (Wildman–Crippen LogP) is 3.08. The number of benzene rings is 1. The third kappa shape index (κ3) is 3.51. The topological polar surface area (TPSA) is 63.2 Å². The minimum atomic E-state index is -0.223. The van der Waals surface area contributed by atoms with Crippen molar-refractivity contribution in [1.29, 1.82) is 0 Å². The predicted molar refractivity (Wildman–Crippen MR) is 84.1 cm³/mol. The monoisotopic (exact) mass is 285 g/mol. The Morgan fingerprint density at radius 1 is 1.29 bits per heavy atom. The van der Waals surface area contributed by atoms with E-state index in [-0.39, 0.29) is 5.91 Å². The molecule has 2 N–H and O–H groups in total. The molecule has 0 aliphatic carbocycles. The average molecular weight is 285 g/mol. The lowest BCUT2D eigenvalue weighted by Crippen LogP contribution is -2.15. The van der Waals surface area contributed by atoms with Crippen LogP contribution in [0.15, 0.2) is 36.5 Å². The van der Waals surface area contributed by atoms with Gasteiger partial charge in [0.2, 0.25) is 0 Å². The fourth-order valence-electron chi connectivity index (χ4n) is 1.99. The minimum absolute atomic E-state index is 0.223. The maximum Gasteiger partial charge on any atom is 0.259 e. The largest absolute Gasteiger partial charge is 0.492 e. The molecule has 1 heterocycles. The van der Waals surface area contributed by atoms with Crippen molar-refractivity contribution in [3.05, 3.63) is 47.8 Å². The number of nitrogens with one attached hydrogen (secondary N) is 2. The Bertz CT molecular complexity index is 641. The number of carbonyl (C=O) groups is 1. The van der Waals surface area contributed by atoms with E-state index >= 15 is 0 Å². The SMILES string of the molecule is CCOc1ccccc1NC(=O)c1cnc(C)cc1NC. The van der Waals surface area contributed by atoms with E-state index in [0.717, 1.165) is 11.4 Å². The molecule has 0 saturated carbocycles. The number of hydrogen-bond donors (Lipinski definition) is 2. The van der Waals surface area contributed by atoms with Gasteiger partial charge in [-0.2, -0.15) is 0 Å². The molecule has 0 aliphatic rings. The number of pyridine rings is 1. The summed E-state index contributed by atoms with van der Waals surface area (Å²) in [6.07, 6.45) is 1.57. The smallest absolute Gasteiger partial charge is 0.259 e. The van der Waals surface area contributed by atoms with Gasteiger partial charge >= 0.3 is 0 Å². The average Bonchev–Trinajstić information content (AvgIpc) is 2.49. The van der Waals surface area contributed by atoms with E-state index in [1.165, 1.54) is 0 Å². The third-order valence-corrected chi connectivity index (χ3v) is 2.99. The molecule has 1 amide bonds. The van der Waals surface area contributed by atoms with Gasteiger partial charge in [0, 0.05) is 18.9 Å². The Labute approximate surface area is 124 Å². The molecule has 21 heavy (non-hydrogen) atoms. The summed E-state index contributed by atoms with van der Waals surface area (Å²) in [6, 6.07) is 9.19. The highest BCUT2D eigenvalue weighted by Crippen LogP contribution is 2.25. The van der Waals surface area contributed by atoms with Crippen LogP contribution in [0.1, 0.15) is 23.0 Å². The second kappa shape index (κ2) is 6.74. The van der Waals surface area contributed by atoms with Crippen LogP contribution in [0, 0.1) is 6.92 Å². The van der Waals surface area contributed by atoms with E-state index in [1.54, 1.807) is 13.2 Å². The molecule has 2 rings (SSSR count). The third-order valence-electron chi connectivity index (χ3n) is 2.99. The molecule has 0 atom stereocenters. The zero-order valence-corrected chi connectivity index (χ0v) is 12.4. The maximum atomic E-state index is 12.4. The first-order valence-electron chi connectivity index (χ1n) is 6.83. The van der Waals surface area contributed by atoms with Gasteiger partial charge in [0.15, 0.2) is 0 Å². The molecule has 0 aliphatic heterocycles. The highest BCUT2D eigenvalue weighted by Gasteiger charge is 2.13. The van der Waals surface area contributed by atoms with E-state index < -0.39 is 0 Å². The Morgan fingerprint density at radius 2 is 2.05 bits per heavy atom. The summed E-state index contributed by atoms with van der Waals surface area (Å²) in [4.78, 5) is 16.6. The lowest BCUT2D eigenvalue weighted by atomic mass is 10.2. The van der Waals surface area contributed by atoms with Gasteiger partial charge in [-0.3, -0.25) is 9.78 Å². The highest BCUT2D eigenvalue weighted by atomic mass is 16.5. The van der Waals surface area contributed by atoms with Crippen molar-refractivity contribution in [1.82, 2.24) is 4.98 Å². The molecule has 2 aromatic rings. The van der Waals surface area contributed by atoms with Crippen molar-refractivity contribution in [2.45, 2.75) is 13.8 Å². The first-order chi connectivity index (χ1) is 10.2. The first-order valence-corrected chi connectivity index (χ1v) is 6.83. The molecule has 1 aromatic carbocycles. The van der Waals surface area contributed by atoms with Crippen molar-refractivity contribution in [3.63, 3.8) is 0 Å². The maximum absolute atomic E-state index is 12.4. The Hall–Kier alpha value is -2.56. The van der Waals surface area contributed by atoms with Gasteiger partial charge in [-0.1, -0.05) is 12.1 Å². The normalized spacial score (nSPS) is 10.0. The van der Waals surface area contributed by atoms with Gasteiger partial charge < -0.3 is 15.4 Å². The van der Waals surface area contributed by atoms with Crippen LogP contribution in [0.3, 0.4) is 0 Å². The van der Waals surface area contributed by atoms with Crippen LogP contribution < -0.4 is 15.4 Å². The molecule has 0 radical (unpaired) electrons. The van der Waals surface area contributed by atoms with Crippen molar-refractivity contribution < 1.29 is 9.53 Å². The van der Waals surface area contributed by atoms with Crippen LogP contribution in [0.2, 0.25) is 0 Å². The summed E-state index contributed by atoms with van der Waals surface area (Å²) in [5, 5.41) is 5.87. The standard InChI is InChI=1S/C16H19N3O2/c1-4-21-15-8-6-5-7-13(15)19-16(20)12-10-18-11(2)9-14(12)17-3/h5-10H,4H2,1-3H3,(H,17,18)(H,19,20). The van der Waals surface area contributed by atoms with Gasteiger partial charge in [0.1, 0.15) is 5.75 Å². The number of nitrogens with zero attached hydrogens (tertiary/aromatic N) is 1. The Kier molecular flexibility index (Phi) is 4.77. The summed E-state index contributed by atoms with van der Waals surface area (Å²) < 4.78 is 5.50. The van der Waals surface area contributed by atoms with Crippen LogP contribution in [-0.2, 0) is 0 Å². The zero-order valence-electron chi connectivity index (χ0n) is 12.4. The molecule has 1 aromatic heterocycles. The second-order valence-electron chi connectivity index (χ2n) is 4.50. The van der Waals surface area contributed by atoms with Crippen molar-refractivity contribution in [2.24, 2.45) is 0 Å². The number of ether oxygens (including phenoxy) is 1. The minimum Gasteiger partial charge on any atom is -0.492 e. The van der Waals surface area contributed by atoms with Crippen LogP contribution in [0.25, 0.3) is 0 Å². The number of amides is 1. The number of aromatic nitrogens is 1. The fraction of sp³-hybridized carbons (Fsp3) is 0.250. The van der Waals surface area contributed by atoms with E-state index in [9.17, 15) is 4.79 Å². The quantitative estimate of drug-likeness (QED) is 0.886. The summed E-state index contributed by atoms with van der Waals surface area (Å²) in [5.41, 5.74) is 2.74. The highest BCUT2D eigenvalue weighted by molar-refractivity contribution is 6.08. The molecule has 5 nitrogen and oxygen atoms in total. The van der Waals surface area contributed by atoms with Crippen molar-refractivity contribution >= 4 is 17.3 Å². The van der Waals surface area contributed by atoms with Crippen molar-refractivity contribution in [2.75, 3.05) is 24.3 Å². The fourth-order valence-corrected chi connectivity index (χ4v) is 1.99. The van der Waals surface area contributed by atoms with Crippen LogP contribution in [0.4, 0.5) is 11.4 Å². The van der Waals surface area contributed by atoms with Crippen LogP contribution in [0.5, 0.6) is 5.75 Å². The van der Waals surface area contributed by atoms with Crippen LogP contribution in [-0.4, -0.2) is 24.5 Å². The summed E-state index contributed by atoms with van der Waals surface area (Å²) in [6.45, 7) is 4.33. The number of anilines is 2. The number of rotatable bonds is 5. The van der Waals surface area contributed by atoms with Gasteiger partial charge in [-0.15, -0.1) is 0 Å². The molecular weight excluding hydrogens is 266 g/mol. The molecule has 110 valence electrons. The lowest BCUT2D eigenvalue weighted by molar-refractivity contribution is 0.102. The van der Waals surface area contributed by atoms with Gasteiger partial charge in [-0.05, 0) is 32.0 Å². The Morgan fingerprint density at radius 3 is 2.76 bits per heavy atom. The molecular formula is C16H19N3O2. The van der Waals surface area contributed by atoms with Gasteiger partial charge in [-0.25, -0.2) is 0 Å². The number of hydrogen-bond acceptors (Lipinski definition) is 4. The van der Waals surface area contributed by atoms with E-state index in [4.69, 9.17) is 4.74 Å². The zero-order chi connectivity index (χ0) is 15.2. The van der Waals surface area contributed by atoms with E-state index in [2.05, 4.69) is 15.6 Å². The van der Waals surface area contributed by atoms with E-state index in [1.807, 2.05) is 44.2 Å². The molecule has 0 saturated heterocycles. The van der Waals surface area contributed by atoms with Gasteiger partial charge in [0.05, 0.1) is 23.5 Å².